The molecule has 5 heavy (non-hydrogen) atoms. The predicted octanol–water partition coefficient (Wildman–Crippen LogP) is -0.967. The molecule has 0 aliphatic rings. The molecule has 0 saturated carbocycles. The van der Waals surface area contributed by atoms with Gasteiger partial charge >= 0.3 is 35.3 Å². The Morgan fingerprint density at radius 3 is 1.80 bits per heavy atom. The summed E-state index contributed by atoms with van der Waals surface area (Å²) in [5.74, 6) is 0. The summed E-state index contributed by atoms with van der Waals surface area (Å²) in [4.78, 5) is 9.07. The fourth-order valence-electron chi connectivity index (χ4n) is 0. The molecule has 5 heteroatoms. The molecule has 0 rings (SSSR count). The molecule has 0 spiro atoms. The second-order valence-corrected chi connectivity index (χ2v) is 2.67. The summed E-state index contributed by atoms with van der Waals surface area (Å²) in [5.41, 5.74) is 0. The zero-order valence-electron chi connectivity index (χ0n) is 2.33. The summed E-state index contributed by atoms with van der Waals surface area (Å²) < 4.78 is 11.8. The molecule has 0 aliphatic carbocycles. The Bertz CT molecular complexity index is 33.9. The molecule has 0 aliphatic heterocycles. The Labute approximate surface area is 35.9 Å². The number of hydrogen-bond acceptors (Lipinski definition) is 4. The van der Waals surface area contributed by atoms with Crippen LogP contribution < -0.4 is 8.58 Å². The van der Waals surface area contributed by atoms with Crippen LogP contribution in [0.15, 0.2) is 3.74 Å². The summed E-state index contributed by atoms with van der Waals surface area (Å²) in [7, 11) is 0. The fourth-order valence-corrected chi connectivity index (χ4v) is 0. The third-order valence-electron chi connectivity index (χ3n) is 0.0667. The molecule has 4 nitrogen and oxygen atoms in total. The normalized spacial score (nSPS) is 10.4. The third-order valence-corrected chi connectivity index (χ3v) is 0.546. The van der Waals surface area contributed by atoms with Gasteiger partial charge in [0.1, 0.15) is 0 Å². The van der Waals surface area contributed by atoms with E-state index < -0.39 is 18.1 Å². The first-order valence-electron chi connectivity index (χ1n) is 0.689. The van der Waals surface area contributed by atoms with E-state index in [4.69, 9.17) is 13.5 Å². The van der Waals surface area contributed by atoms with Crippen LogP contribution in [-0.4, -0.2) is 0 Å². The van der Waals surface area contributed by atoms with Crippen LogP contribution >= 0.6 is 0 Å². The van der Waals surface area contributed by atoms with Crippen molar-refractivity contribution in [3.63, 3.8) is 0 Å². The van der Waals surface area contributed by atoms with Gasteiger partial charge in [-0.1, -0.05) is 0 Å². The van der Waals surface area contributed by atoms with Crippen molar-refractivity contribution < 1.29 is 18.1 Å². The SMILES string of the molecule is [NH2][Pt]([NH2])[N]=O. The van der Waals surface area contributed by atoms with Crippen molar-refractivity contribution >= 4 is 0 Å². The van der Waals surface area contributed by atoms with Gasteiger partial charge in [0.25, 0.3) is 0 Å². The van der Waals surface area contributed by atoms with Crippen LogP contribution in [0.25, 0.3) is 0 Å². The zero-order chi connectivity index (χ0) is 4.28. The number of nitrogens with two attached hydrogens (primary N) is 2. The first kappa shape index (κ1) is 5.21. The molecule has 0 fully saturated rings. The minimum atomic E-state index is -2.22. The molecule has 0 radical (unpaired) electrons. The maximum absolute atomic E-state index is 9.07. The van der Waals surface area contributed by atoms with Crippen molar-refractivity contribution in [3.8, 4) is 0 Å². The van der Waals surface area contributed by atoms with Crippen molar-refractivity contribution in [2.75, 3.05) is 0 Å². The Balaban J connectivity index is 2.83. The van der Waals surface area contributed by atoms with Gasteiger partial charge < -0.3 is 0 Å². The summed E-state index contributed by atoms with van der Waals surface area (Å²) in [6.45, 7) is 0. The molecule has 0 heterocycles. The van der Waals surface area contributed by atoms with E-state index in [1.165, 1.54) is 0 Å². The molecule has 0 bridgehead atoms. The molecule has 0 saturated heterocycles. The van der Waals surface area contributed by atoms with E-state index in [-0.39, 0.29) is 0 Å². The zero-order valence-corrected chi connectivity index (χ0v) is 4.60. The molecule has 0 aromatic carbocycles. The van der Waals surface area contributed by atoms with E-state index in [2.05, 4.69) is 3.74 Å². The molecule has 0 amide bonds. The van der Waals surface area contributed by atoms with Gasteiger partial charge in [-0.25, -0.2) is 0 Å². The van der Waals surface area contributed by atoms with Gasteiger partial charge in [-0.2, -0.15) is 0 Å². The van der Waals surface area contributed by atoms with E-state index in [1.807, 2.05) is 0 Å². The molecule has 0 unspecified atom stereocenters. The first-order chi connectivity index (χ1) is 2.27. The van der Waals surface area contributed by atoms with E-state index >= 15 is 0 Å². The monoisotopic (exact) mass is 257 g/mol. The van der Waals surface area contributed by atoms with Crippen molar-refractivity contribution in [2.45, 2.75) is 0 Å². The van der Waals surface area contributed by atoms with Gasteiger partial charge in [0.15, 0.2) is 0 Å². The Hall–Kier alpha value is 0.208. The van der Waals surface area contributed by atoms with Crippen LogP contribution in [0.1, 0.15) is 0 Å². The van der Waals surface area contributed by atoms with E-state index in [1.54, 1.807) is 0 Å². The van der Waals surface area contributed by atoms with E-state index in [9.17, 15) is 0 Å². The molecule has 0 aromatic heterocycles. The van der Waals surface area contributed by atoms with Crippen LogP contribution in [0, 0.1) is 4.91 Å². The van der Waals surface area contributed by atoms with Crippen LogP contribution in [0.2, 0.25) is 0 Å². The maximum atomic E-state index is 9.07. The third kappa shape index (κ3) is 4.21. The molecule has 0 atom stereocenters. The average molecular weight is 257 g/mol. The topological polar surface area (TPSA) is 81.5 Å². The van der Waals surface area contributed by atoms with Gasteiger partial charge in [0.2, 0.25) is 0 Å². The summed E-state index contributed by atoms with van der Waals surface area (Å²) >= 11 is -2.22. The molecular weight excluding hydrogens is 253 g/mol. The minimum absolute atomic E-state index is 2.22. The second kappa shape index (κ2) is 2.45. The van der Waals surface area contributed by atoms with Crippen molar-refractivity contribution in [3.05, 3.63) is 4.91 Å². The van der Waals surface area contributed by atoms with Crippen LogP contribution in [0.4, 0.5) is 0 Å². The molecule has 35 valence electrons. The summed E-state index contributed by atoms with van der Waals surface area (Å²) in [6, 6.07) is 0. The van der Waals surface area contributed by atoms with Crippen molar-refractivity contribution in [1.82, 2.24) is 0 Å². The first-order valence-corrected chi connectivity index (χ1v) is 4.33. The Kier molecular flexibility index (Phi) is 2.55. The van der Waals surface area contributed by atoms with E-state index in [0.29, 0.717) is 0 Å². The fraction of sp³-hybridized carbons (Fsp3) is 0. The van der Waals surface area contributed by atoms with E-state index in [0.717, 1.165) is 0 Å². The van der Waals surface area contributed by atoms with Gasteiger partial charge in [0, 0.05) is 0 Å². The quantitative estimate of drug-likeness (QED) is 0.593. The molecule has 4 N–H and O–H groups in total. The van der Waals surface area contributed by atoms with Crippen LogP contribution in [-0.2, 0) is 18.1 Å². The number of nitroso groups, excluding NO2 is 1. The van der Waals surface area contributed by atoms with Gasteiger partial charge in [-0.3, -0.25) is 0 Å². The Morgan fingerprint density at radius 1 is 1.60 bits per heavy atom. The number of rotatable bonds is 1. The number of hydrogen-bond donors (Lipinski definition) is 2. The Morgan fingerprint density at radius 2 is 1.80 bits per heavy atom. The van der Waals surface area contributed by atoms with Gasteiger partial charge in [0.05, 0.1) is 0 Å². The standard InChI is InChI=1S/NO.2H2N.Pt/c1-2;;;/h;2*1H2;/q3*-1;+3. The molecule has 0 aromatic rings. The van der Waals surface area contributed by atoms with Crippen LogP contribution in [0.3, 0.4) is 0 Å². The molecular formula is H4N3OPt. The number of nitrogens with zero attached hydrogens (tertiary/aromatic N) is 1. The van der Waals surface area contributed by atoms with Gasteiger partial charge in [-0.05, 0) is 0 Å². The summed E-state index contributed by atoms with van der Waals surface area (Å²) in [5, 5.41) is 0. The second-order valence-electron chi connectivity index (χ2n) is 0.326. The van der Waals surface area contributed by atoms with Crippen molar-refractivity contribution in [1.29, 1.82) is 0 Å². The predicted molar refractivity (Wildman–Crippen MR) is 14.2 cm³/mol. The summed E-state index contributed by atoms with van der Waals surface area (Å²) in [6.07, 6.45) is 0. The average Bonchev–Trinajstić information content (AvgIpc) is 1.38. The van der Waals surface area contributed by atoms with Crippen molar-refractivity contribution in [2.24, 2.45) is 12.3 Å². The van der Waals surface area contributed by atoms with Crippen LogP contribution in [0.5, 0.6) is 0 Å². The van der Waals surface area contributed by atoms with Gasteiger partial charge in [-0.15, -0.1) is 0 Å².